The van der Waals surface area contributed by atoms with Crippen LogP contribution < -0.4 is 5.32 Å². The molecule has 2 saturated heterocycles. The van der Waals surface area contributed by atoms with Gasteiger partial charge in [0.25, 0.3) is 0 Å². The number of ether oxygens (including phenoxy) is 1. The summed E-state index contributed by atoms with van der Waals surface area (Å²) in [5.41, 5.74) is 2.11. The first-order valence-electron chi connectivity index (χ1n) is 9.89. The minimum Gasteiger partial charge on any atom is -0.379 e. The van der Waals surface area contributed by atoms with Gasteiger partial charge in [-0.1, -0.05) is 38.1 Å². The van der Waals surface area contributed by atoms with Crippen LogP contribution in [0.4, 0.5) is 0 Å². The second-order valence-electron chi connectivity index (χ2n) is 8.27. The number of aliphatic imine (C=N–C) groups is 1. The molecule has 0 bridgehead atoms. The van der Waals surface area contributed by atoms with Crippen LogP contribution in [-0.2, 0) is 27.1 Å². The Morgan fingerprint density at radius 3 is 2.46 bits per heavy atom. The molecular weight excluding hydrogens is 376 g/mol. The van der Waals surface area contributed by atoms with E-state index < -0.39 is 10.0 Å². The van der Waals surface area contributed by atoms with Gasteiger partial charge >= 0.3 is 0 Å². The van der Waals surface area contributed by atoms with E-state index in [-0.39, 0.29) is 5.75 Å². The van der Waals surface area contributed by atoms with Crippen molar-refractivity contribution in [2.45, 2.75) is 32.6 Å². The van der Waals surface area contributed by atoms with Crippen molar-refractivity contribution in [2.75, 3.05) is 46.4 Å². The summed E-state index contributed by atoms with van der Waals surface area (Å²) in [6.07, 6.45) is 1.14. The summed E-state index contributed by atoms with van der Waals surface area (Å²) in [6.45, 7) is 8.84. The minimum absolute atomic E-state index is 0.0141. The van der Waals surface area contributed by atoms with Crippen LogP contribution >= 0.6 is 0 Å². The zero-order valence-electron chi connectivity index (χ0n) is 17.1. The predicted octanol–water partition coefficient (Wildman–Crippen LogP) is 1.66. The Morgan fingerprint density at radius 1 is 1.18 bits per heavy atom. The third-order valence-electron chi connectivity index (χ3n) is 5.45. The van der Waals surface area contributed by atoms with E-state index in [9.17, 15) is 8.42 Å². The lowest BCUT2D eigenvalue weighted by Crippen LogP contribution is -2.41. The molecule has 3 rings (SSSR count). The van der Waals surface area contributed by atoms with Crippen LogP contribution in [0.15, 0.2) is 29.3 Å². The normalized spacial score (nSPS) is 21.1. The third kappa shape index (κ3) is 5.24. The first-order valence-corrected chi connectivity index (χ1v) is 11.5. The van der Waals surface area contributed by atoms with Gasteiger partial charge in [-0.2, -0.15) is 4.31 Å². The molecule has 0 radical (unpaired) electrons. The zero-order chi connectivity index (χ0) is 20.2. The Labute approximate surface area is 168 Å². The fourth-order valence-electron chi connectivity index (χ4n) is 3.78. The van der Waals surface area contributed by atoms with Crippen molar-refractivity contribution in [1.82, 2.24) is 14.5 Å². The Kier molecular flexibility index (Phi) is 6.62. The molecule has 28 heavy (non-hydrogen) atoms. The van der Waals surface area contributed by atoms with Gasteiger partial charge in [-0.15, -0.1) is 0 Å². The summed E-state index contributed by atoms with van der Waals surface area (Å²) < 4.78 is 32.4. The van der Waals surface area contributed by atoms with Crippen molar-refractivity contribution in [3.8, 4) is 0 Å². The molecule has 0 unspecified atom stereocenters. The van der Waals surface area contributed by atoms with Crippen molar-refractivity contribution in [2.24, 2.45) is 10.4 Å². The average molecular weight is 409 g/mol. The molecule has 0 aromatic heterocycles. The molecule has 7 nitrogen and oxygen atoms in total. The van der Waals surface area contributed by atoms with E-state index in [0.29, 0.717) is 38.3 Å². The van der Waals surface area contributed by atoms with Gasteiger partial charge in [0.2, 0.25) is 10.0 Å². The Hall–Kier alpha value is -1.64. The molecule has 2 aliphatic heterocycles. The molecular formula is C20H32N4O3S. The molecule has 0 atom stereocenters. The van der Waals surface area contributed by atoms with Crippen LogP contribution in [-0.4, -0.2) is 70.0 Å². The maximum Gasteiger partial charge on any atom is 0.218 e. The number of rotatable bonds is 5. The van der Waals surface area contributed by atoms with Gasteiger partial charge in [0, 0.05) is 39.8 Å². The van der Waals surface area contributed by atoms with Gasteiger partial charge in [-0.3, -0.25) is 4.99 Å². The van der Waals surface area contributed by atoms with Gasteiger partial charge < -0.3 is 15.0 Å². The number of benzene rings is 1. The number of hydrogen-bond acceptors (Lipinski definition) is 4. The summed E-state index contributed by atoms with van der Waals surface area (Å²) in [5, 5.41) is 3.42. The molecule has 0 spiro atoms. The van der Waals surface area contributed by atoms with E-state index in [1.54, 1.807) is 7.05 Å². The summed E-state index contributed by atoms with van der Waals surface area (Å²) in [6, 6.07) is 7.73. The minimum atomic E-state index is -3.35. The van der Waals surface area contributed by atoms with E-state index in [2.05, 4.69) is 29.1 Å². The van der Waals surface area contributed by atoms with Gasteiger partial charge in [0.05, 0.1) is 19.0 Å². The molecule has 0 aliphatic carbocycles. The van der Waals surface area contributed by atoms with E-state index >= 15 is 0 Å². The predicted molar refractivity (Wildman–Crippen MR) is 112 cm³/mol. The highest BCUT2D eigenvalue weighted by Crippen LogP contribution is 2.28. The SMILES string of the molecule is CN=C(NCc1ccccc1CS(=O)(=O)N1CCOCC1)N1CCC(C)(C)C1. The van der Waals surface area contributed by atoms with Crippen LogP contribution in [0.25, 0.3) is 0 Å². The number of nitrogens with zero attached hydrogens (tertiary/aromatic N) is 3. The van der Waals surface area contributed by atoms with Crippen LogP contribution in [0.5, 0.6) is 0 Å². The molecule has 2 aliphatic rings. The smallest absolute Gasteiger partial charge is 0.218 e. The topological polar surface area (TPSA) is 74.2 Å². The monoisotopic (exact) mass is 408 g/mol. The number of morpholine rings is 1. The largest absolute Gasteiger partial charge is 0.379 e. The van der Waals surface area contributed by atoms with Crippen molar-refractivity contribution in [3.63, 3.8) is 0 Å². The number of hydrogen-bond donors (Lipinski definition) is 1. The highest BCUT2D eigenvalue weighted by Gasteiger charge is 2.31. The van der Waals surface area contributed by atoms with E-state index in [1.807, 2.05) is 24.3 Å². The highest BCUT2D eigenvalue weighted by atomic mass is 32.2. The fourth-order valence-corrected chi connectivity index (χ4v) is 5.35. The van der Waals surface area contributed by atoms with Crippen molar-refractivity contribution in [3.05, 3.63) is 35.4 Å². The second kappa shape index (κ2) is 8.80. The molecule has 1 aromatic carbocycles. The third-order valence-corrected chi connectivity index (χ3v) is 7.27. The van der Waals surface area contributed by atoms with Gasteiger partial charge in [-0.05, 0) is 23.0 Å². The maximum atomic E-state index is 12.8. The summed E-state index contributed by atoms with van der Waals surface area (Å²) in [5.74, 6) is 0.886. The van der Waals surface area contributed by atoms with Gasteiger partial charge in [0.1, 0.15) is 0 Å². The van der Waals surface area contributed by atoms with Crippen molar-refractivity contribution >= 4 is 16.0 Å². The summed E-state index contributed by atoms with van der Waals surface area (Å²) in [7, 11) is -1.56. The number of nitrogens with one attached hydrogen (secondary N) is 1. The van der Waals surface area contributed by atoms with Crippen molar-refractivity contribution in [1.29, 1.82) is 0 Å². The molecule has 1 N–H and O–H groups in total. The van der Waals surface area contributed by atoms with Crippen LogP contribution in [0.3, 0.4) is 0 Å². The number of guanidine groups is 1. The fraction of sp³-hybridized carbons (Fsp3) is 0.650. The first kappa shape index (κ1) is 21.1. The lowest BCUT2D eigenvalue weighted by Gasteiger charge is -2.27. The average Bonchev–Trinajstić information content (AvgIpc) is 3.03. The number of likely N-dealkylation sites (tertiary alicyclic amines) is 1. The number of sulfonamides is 1. The Morgan fingerprint density at radius 2 is 1.86 bits per heavy atom. The van der Waals surface area contributed by atoms with Gasteiger partial charge in [0.15, 0.2) is 5.96 Å². The van der Waals surface area contributed by atoms with Crippen molar-refractivity contribution < 1.29 is 13.2 Å². The molecule has 2 heterocycles. The van der Waals surface area contributed by atoms with Crippen LogP contribution in [0, 0.1) is 5.41 Å². The van der Waals surface area contributed by atoms with E-state index in [0.717, 1.165) is 36.6 Å². The first-order chi connectivity index (χ1) is 13.3. The molecule has 8 heteroatoms. The molecule has 1 aromatic rings. The lowest BCUT2D eigenvalue weighted by atomic mass is 9.93. The molecule has 0 saturated carbocycles. The zero-order valence-corrected chi connectivity index (χ0v) is 18.0. The Bertz CT molecular complexity index is 801. The lowest BCUT2D eigenvalue weighted by molar-refractivity contribution is 0.0729. The Balaban J connectivity index is 1.67. The molecule has 0 amide bonds. The van der Waals surface area contributed by atoms with Crippen LogP contribution in [0.2, 0.25) is 0 Å². The highest BCUT2D eigenvalue weighted by molar-refractivity contribution is 7.88. The molecule has 2 fully saturated rings. The maximum absolute atomic E-state index is 12.8. The summed E-state index contributed by atoms with van der Waals surface area (Å²) in [4.78, 5) is 6.69. The van der Waals surface area contributed by atoms with Crippen LogP contribution in [0.1, 0.15) is 31.4 Å². The quantitative estimate of drug-likeness (QED) is 0.592. The standard InChI is InChI=1S/C20H32N4O3S/c1-20(2)8-9-23(16-20)19(21-3)22-14-17-6-4-5-7-18(17)15-28(25,26)24-10-12-27-13-11-24/h4-7H,8-16H2,1-3H3,(H,21,22). The second-order valence-corrected chi connectivity index (χ2v) is 10.2. The summed E-state index contributed by atoms with van der Waals surface area (Å²) >= 11 is 0. The van der Waals surface area contributed by atoms with Gasteiger partial charge in [-0.25, -0.2) is 8.42 Å². The molecule has 156 valence electrons. The van der Waals surface area contributed by atoms with E-state index in [1.165, 1.54) is 4.31 Å². The van der Waals surface area contributed by atoms with E-state index in [4.69, 9.17) is 4.74 Å².